The fraction of sp³-hybridized carbons (Fsp3) is 0.188. The summed E-state index contributed by atoms with van der Waals surface area (Å²) in [5.41, 5.74) is 2.16. The third-order valence-corrected chi connectivity index (χ3v) is 3.63. The molecule has 0 aliphatic carbocycles. The van der Waals surface area contributed by atoms with E-state index in [1.807, 2.05) is 6.92 Å². The Labute approximate surface area is 121 Å². The zero-order valence-corrected chi connectivity index (χ0v) is 11.7. The van der Waals surface area contributed by atoms with E-state index in [-0.39, 0.29) is 12.2 Å². The molecule has 0 radical (unpaired) electrons. The van der Waals surface area contributed by atoms with Crippen LogP contribution in [0.25, 0.3) is 0 Å². The van der Waals surface area contributed by atoms with Crippen molar-refractivity contribution in [3.05, 3.63) is 70.0 Å². The van der Waals surface area contributed by atoms with Crippen molar-refractivity contribution in [1.82, 2.24) is 0 Å². The number of halogens is 2. The summed E-state index contributed by atoms with van der Waals surface area (Å²) in [6.45, 7) is 1.86. The van der Waals surface area contributed by atoms with Crippen molar-refractivity contribution in [2.24, 2.45) is 0 Å². The Hall–Kier alpha value is -1.87. The molecule has 2 nitrogen and oxygen atoms in total. The van der Waals surface area contributed by atoms with Crippen molar-refractivity contribution in [2.45, 2.75) is 19.3 Å². The van der Waals surface area contributed by atoms with Gasteiger partial charge in [-0.3, -0.25) is 4.79 Å². The lowest BCUT2D eigenvalue weighted by Gasteiger charge is -2.14. The van der Waals surface area contributed by atoms with Gasteiger partial charge >= 0.3 is 5.97 Å². The van der Waals surface area contributed by atoms with Crippen molar-refractivity contribution in [2.75, 3.05) is 0 Å². The Balaban J connectivity index is 2.32. The SMILES string of the molecule is Cc1ccc(C(Cc2cccc(F)c2)C(=O)O)cc1Cl. The van der Waals surface area contributed by atoms with E-state index in [1.165, 1.54) is 12.1 Å². The average Bonchev–Trinajstić information content (AvgIpc) is 2.39. The van der Waals surface area contributed by atoms with Gasteiger partial charge in [0.1, 0.15) is 5.82 Å². The van der Waals surface area contributed by atoms with Crippen LogP contribution in [0.1, 0.15) is 22.6 Å². The number of carbonyl (C=O) groups is 1. The molecule has 1 N–H and O–H groups in total. The second-order valence-electron chi connectivity index (χ2n) is 4.73. The summed E-state index contributed by atoms with van der Waals surface area (Å²) in [4.78, 5) is 11.4. The maximum absolute atomic E-state index is 13.2. The largest absolute Gasteiger partial charge is 0.481 e. The normalized spacial score (nSPS) is 12.2. The maximum Gasteiger partial charge on any atom is 0.311 e. The summed E-state index contributed by atoms with van der Waals surface area (Å²) in [6.07, 6.45) is 0.229. The van der Waals surface area contributed by atoms with Crippen LogP contribution < -0.4 is 0 Å². The summed E-state index contributed by atoms with van der Waals surface area (Å²) < 4.78 is 13.2. The van der Waals surface area contributed by atoms with Gasteiger partial charge in [-0.05, 0) is 48.2 Å². The van der Waals surface area contributed by atoms with Crippen LogP contribution in [0.15, 0.2) is 42.5 Å². The summed E-state index contributed by atoms with van der Waals surface area (Å²) in [6, 6.07) is 11.2. The molecule has 0 aliphatic rings. The monoisotopic (exact) mass is 292 g/mol. The molecule has 0 spiro atoms. The standard InChI is InChI=1S/C16H14ClFO2/c1-10-5-6-12(9-15(10)17)14(16(19)20)8-11-3-2-4-13(18)7-11/h2-7,9,14H,8H2,1H3,(H,19,20). The van der Waals surface area contributed by atoms with E-state index in [0.717, 1.165) is 5.56 Å². The maximum atomic E-state index is 13.2. The third kappa shape index (κ3) is 3.36. The van der Waals surface area contributed by atoms with Gasteiger partial charge < -0.3 is 5.11 Å². The average molecular weight is 293 g/mol. The molecule has 0 bridgehead atoms. The lowest BCUT2D eigenvalue weighted by Crippen LogP contribution is -2.14. The molecular weight excluding hydrogens is 279 g/mol. The molecule has 0 amide bonds. The highest BCUT2D eigenvalue weighted by Gasteiger charge is 2.21. The Kier molecular flexibility index (Phi) is 4.40. The molecule has 1 atom stereocenters. The zero-order chi connectivity index (χ0) is 14.7. The third-order valence-electron chi connectivity index (χ3n) is 3.23. The number of aliphatic carboxylic acids is 1. The lowest BCUT2D eigenvalue weighted by atomic mass is 9.91. The molecule has 4 heteroatoms. The molecule has 0 aromatic heterocycles. The summed E-state index contributed by atoms with van der Waals surface area (Å²) >= 11 is 6.04. The van der Waals surface area contributed by atoms with Crippen molar-refractivity contribution in [3.8, 4) is 0 Å². The molecule has 20 heavy (non-hydrogen) atoms. The molecule has 0 saturated carbocycles. The van der Waals surface area contributed by atoms with Gasteiger partial charge in [0.25, 0.3) is 0 Å². The van der Waals surface area contributed by atoms with Crippen molar-refractivity contribution >= 4 is 17.6 Å². The number of aryl methyl sites for hydroxylation is 1. The molecule has 0 saturated heterocycles. The number of hydrogen-bond donors (Lipinski definition) is 1. The molecule has 0 aliphatic heterocycles. The van der Waals surface area contributed by atoms with Gasteiger partial charge in [-0.25, -0.2) is 4.39 Å². The summed E-state index contributed by atoms with van der Waals surface area (Å²) in [5.74, 6) is -2.06. The van der Waals surface area contributed by atoms with E-state index >= 15 is 0 Å². The molecule has 2 aromatic carbocycles. The fourth-order valence-electron chi connectivity index (χ4n) is 2.07. The van der Waals surface area contributed by atoms with E-state index in [1.54, 1.807) is 30.3 Å². The van der Waals surface area contributed by atoms with Gasteiger partial charge in [0, 0.05) is 5.02 Å². The molecule has 1 unspecified atom stereocenters. The van der Waals surface area contributed by atoms with Crippen LogP contribution in [0, 0.1) is 12.7 Å². The van der Waals surface area contributed by atoms with E-state index in [0.29, 0.717) is 16.1 Å². The van der Waals surface area contributed by atoms with E-state index < -0.39 is 11.9 Å². The van der Waals surface area contributed by atoms with Crippen LogP contribution in [0.4, 0.5) is 4.39 Å². The molecule has 2 rings (SSSR count). The highest BCUT2D eigenvalue weighted by atomic mass is 35.5. The topological polar surface area (TPSA) is 37.3 Å². The minimum Gasteiger partial charge on any atom is -0.481 e. The van der Waals surface area contributed by atoms with Crippen molar-refractivity contribution in [3.63, 3.8) is 0 Å². The Morgan fingerprint density at radius 1 is 1.30 bits per heavy atom. The van der Waals surface area contributed by atoms with Crippen molar-refractivity contribution in [1.29, 1.82) is 0 Å². The quantitative estimate of drug-likeness (QED) is 0.917. The number of carboxylic acids is 1. The number of rotatable bonds is 4. The van der Waals surface area contributed by atoms with Gasteiger partial charge in [0.2, 0.25) is 0 Å². The van der Waals surface area contributed by atoms with Crippen LogP contribution in [0.5, 0.6) is 0 Å². The first-order valence-electron chi connectivity index (χ1n) is 6.20. The molecule has 2 aromatic rings. The highest BCUT2D eigenvalue weighted by molar-refractivity contribution is 6.31. The van der Waals surface area contributed by atoms with E-state index in [2.05, 4.69) is 0 Å². The Morgan fingerprint density at radius 3 is 2.65 bits per heavy atom. The van der Waals surface area contributed by atoms with Crippen LogP contribution >= 0.6 is 11.6 Å². The summed E-state index contributed by atoms with van der Waals surface area (Å²) in [7, 11) is 0. The minimum absolute atomic E-state index is 0.229. The molecule has 0 heterocycles. The second kappa shape index (κ2) is 6.06. The number of hydrogen-bond acceptors (Lipinski definition) is 1. The highest BCUT2D eigenvalue weighted by Crippen LogP contribution is 2.26. The first-order chi connectivity index (χ1) is 9.47. The lowest BCUT2D eigenvalue weighted by molar-refractivity contribution is -0.138. The first kappa shape index (κ1) is 14.5. The van der Waals surface area contributed by atoms with Crippen LogP contribution in [-0.2, 0) is 11.2 Å². The first-order valence-corrected chi connectivity index (χ1v) is 6.58. The predicted octanol–water partition coefficient (Wildman–Crippen LogP) is 4.20. The number of benzene rings is 2. The molecule has 0 fully saturated rings. The number of carboxylic acid groups (broad SMARTS) is 1. The molecule has 104 valence electrons. The molecular formula is C16H14ClFO2. The van der Waals surface area contributed by atoms with Gasteiger partial charge in [-0.2, -0.15) is 0 Å². The van der Waals surface area contributed by atoms with Gasteiger partial charge in [0.05, 0.1) is 5.92 Å². The van der Waals surface area contributed by atoms with E-state index in [4.69, 9.17) is 11.6 Å². The minimum atomic E-state index is -0.950. The zero-order valence-electron chi connectivity index (χ0n) is 10.9. The van der Waals surface area contributed by atoms with Gasteiger partial charge in [-0.1, -0.05) is 35.9 Å². The Bertz CT molecular complexity index is 640. The van der Waals surface area contributed by atoms with Gasteiger partial charge in [0.15, 0.2) is 0 Å². The van der Waals surface area contributed by atoms with Crippen LogP contribution in [-0.4, -0.2) is 11.1 Å². The smallest absolute Gasteiger partial charge is 0.311 e. The van der Waals surface area contributed by atoms with E-state index in [9.17, 15) is 14.3 Å². The fourth-order valence-corrected chi connectivity index (χ4v) is 2.26. The predicted molar refractivity (Wildman–Crippen MR) is 76.7 cm³/mol. The van der Waals surface area contributed by atoms with Crippen LogP contribution in [0.3, 0.4) is 0 Å². The second-order valence-corrected chi connectivity index (χ2v) is 5.14. The van der Waals surface area contributed by atoms with Crippen LogP contribution in [0.2, 0.25) is 5.02 Å². The summed E-state index contributed by atoms with van der Waals surface area (Å²) in [5, 5.41) is 9.92. The Morgan fingerprint density at radius 2 is 2.05 bits per heavy atom. The van der Waals surface area contributed by atoms with Gasteiger partial charge in [-0.15, -0.1) is 0 Å². The van der Waals surface area contributed by atoms with Crippen molar-refractivity contribution < 1.29 is 14.3 Å².